The van der Waals surface area contributed by atoms with Crippen molar-refractivity contribution in [1.82, 2.24) is 5.32 Å². The normalized spacial score (nSPS) is 11.0. The Labute approximate surface area is 143 Å². The summed E-state index contributed by atoms with van der Waals surface area (Å²) < 4.78 is 10.6. The Morgan fingerprint density at radius 3 is 2.38 bits per heavy atom. The summed E-state index contributed by atoms with van der Waals surface area (Å²) in [5, 5.41) is 3.02. The number of nitrogens with one attached hydrogen (secondary N) is 1. The Balaban J connectivity index is 2.12. The summed E-state index contributed by atoms with van der Waals surface area (Å²) in [6.07, 6.45) is 0. The van der Waals surface area contributed by atoms with E-state index in [1.807, 2.05) is 49.4 Å². The van der Waals surface area contributed by atoms with Crippen molar-refractivity contribution in [1.29, 1.82) is 0 Å². The predicted octanol–water partition coefficient (Wildman–Crippen LogP) is 3.72. The molecule has 0 aliphatic rings. The van der Waals surface area contributed by atoms with Gasteiger partial charge in [0, 0.05) is 17.5 Å². The summed E-state index contributed by atoms with van der Waals surface area (Å²) >= 11 is 0. The molecule has 2 aromatic rings. The van der Waals surface area contributed by atoms with Crippen molar-refractivity contribution in [2.24, 2.45) is 0 Å². The molecule has 0 aliphatic carbocycles. The first kappa shape index (κ1) is 17.9. The number of rotatable bonds is 6. The Bertz CT molecular complexity index is 723. The second-order valence-electron chi connectivity index (χ2n) is 6.51. The van der Waals surface area contributed by atoms with Gasteiger partial charge in [-0.15, -0.1) is 0 Å². The zero-order valence-electron chi connectivity index (χ0n) is 15.0. The highest BCUT2D eigenvalue weighted by Gasteiger charge is 2.23. The van der Waals surface area contributed by atoms with Crippen LogP contribution in [0.5, 0.6) is 11.5 Å². The van der Waals surface area contributed by atoms with Crippen LogP contribution in [0.2, 0.25) is 0 Å². The van der Waals surface area contributed by atoms with Gasteiger partial charge >= 0.3 is 0 Å². The maximum atomic E-state index is 12.3. The minimum Gasteiger partial charge on any atom is -0.493 e. The fourth-order valence-electron chi connectivity index (χ4n) is 2.55. The van der Waals surface area contributed by atoms with E-state index in [4.69, 9.17) is 9.47 Å². The van der Waals surface area contributed by atoms with E-state index in [9.17, 15) is 4.79 Å². The molecule has 0 aromatic heterocycles. The van der Waals surface area contributed by atoms with Gasteiger partial charge in [-0.3, -0.25) is 4.79 Å². The molecule has 0 saturated heterocycles. The van der Waals surface area contributed by atoms with E-state index in [0.717, 1.165) is 11.1 Å². The number of methoxy groups -OCH3 is 2. The highest BCUT2D eigenvalue weighted by atomic mass is 16.5. The number of benzene rings is 2. The topological polar surface area (TPSA) is 47.6 Å². The smallest absolute Gasteiger partial charge is 0.251 e. The minimum atomic E-state index is -0.237. The lowest BCUT2D eigenvalue weighted by Crippen LogP contribution is -2.36. The van der Waals surface area contributed by atoms with Gasteiger partial charge in [-0.2, -0.15) is 0 Å². The molecular formula is C20H25NO3. The van der Waals surface area contributed by atoms with Crippen LogP contribution in [0.1, 0.15) is 35.3 Å². The Morgan fingerprint density at radius 1 is 1.04 bits per heavy atom. The number of amides is 1. The highest BCUT2D eigenvalue weighted by molar-refractivity contribution is 5.94. The predicted molar refractivity (Wildman–Crippen MR) is 96.1 cm³/mol. The molecule has 0 heterocycles. The standard InChI is InChI=1S/C20H25NO3/c1-14-7-6-8-15(11-14)19(22)21-13-20(2,3)16-9-10-17(23-4)18(12-16)24-5/h6-12H,13H2,1-5H3,(H,21,22). The number of ether oxygens (including phenoxy) is 2. The summed E-state index contributed by atoms with van der Waals surface area (Å²) in [5.41, 5.74) is 2.59. The van der Waals surface area contributed by atoms with Crippen molar-refractivity contribution >= 4 is 5.91 Å². The lowest BCUT2D eigenvalue weighted by molar-refractivity contribution is 0.0945. The van der Waals surface area contributed by atoms with Crippen LogP contribution >= 0.6 is 0 Å². The monoisotopic (exact) mass is 327 g/mol. The third kappa shape index (κ3) is 4.07. The largest absolute Gasteiger partial charge is 0.493 e. The maximum Gasteiger partial charge on any atom is 0.251 e. The summed E-state index contributed by atoms with van der Waals surface area (Å²) in [7, 11) is 3.24. The van der Waals surface area contributed by atoms with Crippen LogP contribution < -0.4 is 14.8 Å². The lowest BCUT2D eigenvalue weighted by atomic mass is 9.84. The molecule has 0 radical (unpaired) electrons. The molecule has 0 unspecified atom stereocenters. The summed E-state index contributed by atoms with van der Waals surface area (Å²) in [6.45, 7) is 6.68. The zero-order valence-corrected chi connectivity index (χ0v) is 15.0. The third-order valence-electron chi connectivity index (χ3n) is 4.14. The van der Waals surface area contributed by atoms with Crippen molar-refractivity contribution in [2.75, 3.05) is 20.8 Å². The summed E-state index contributed by atoms with van der Waals surface area (Å²) in [5.74, 6) is 1.32. The molecule has 1 N–H and O–H groups in total. The summed E-state index contributed by atoms with van der Waals surface area (Å²) in [4.78, 5) is 12.3. The van der Waals surface area contributed by atoms with Crippen molar-refractivity contribution in [3.05, 3.63) is 59.2 Å². The van der Waals surface area contributed by atoms with Crippen LogP contribution in [0.25, 0.3) is 0 Å². The molecule has 0 atom stereocenters. The van der Waals surface area contributed by atoms with Crippen LogP contribution in [0, 0.1) is 6.92 Å². The molecule has 0 aliphatic heterocycles. The zero-order chi connectivity index (χ0) is 17.7. The molecule has 128 valence electrons. The molecule has 2 aromatic carbocycles. The van der Waals surface area contributed by atoms with Crippen LogP contribution in [-0.2, 0) is 5.41 Å². The van der Waals surface area contributed by atoms with Crippen molar-refractivity contribution in [2.45, 2.75) is 26.2 Å². The second kappa shape index (κ2) is 7.39. The fourth-order valence-corrected chi connectivity index (χ4v) is 2.55. The number of hydrogen-bond donors (Lipinski definition) is 1. The van der Waals surface area contributed by atoms with Crippen molar-refractivity contribution in [3.63, 3.8) is 0 Å². The second-order valence-corrected chi connectivity index (χ2v) is 6.51. The van der Waals surface area contributed by atoms with Gasteiger partial charge in [0.25, 0.3) is 5.91 Å². The van der Waals surface area contributed by atoms with E-state index in [-0.39, 0.29) is 11.3 Å². The van der Waals surface area contributed by atoms with Crippen LogP contribution in [0.4, 0.5) is 0 Å². The first-order valence-corrected chi connectivity index (χ1v) is 7.95. The number of aryl methyl sites for hydroxylation is 1. The van der Waals surface area contributed by atoms with Crippen LogP contribution in [-0.4, -0.2) is 26.7 Å². The van der Waals surface area contributed by atoms with Gasteiger partial charge < -0.3 is 14.8 Å². The van der Waals surface area contributed by atoms with Gasteiger partial charge in [0.2, 0.25) is 0 Å². The Morgan fingerprint density at radius 2 is 1.75 bits per heavy atom. The van der Waals surface area contributed by atoms with E-state index in [0.29, 0.717) is 23.6 Å². The highest BCUT2D eigenvalue weighted by Crippen LogP contribution is 2.32. The van der Waals surface area contributed by atoms with Crippen LogP contribution in [0.15, 0.2) is 42.5 Å². The van der Waals surface area contributed by atoms with E-state index in [1.54, 1.807) is 14.2 Å². The minimum absolute atomic E-state index is 0.0627. The number of carbonyl (C=O) groups is 1. The van der Waals surface area contributed by atoms with Gasteiger partial charge in [-0.25, -0.2) is 0 Å². The number of carbonyl (C=O) groups excluding carboxylic acids is 1. The Kier molecular flexibility index (Phi) is 5.50. The van der Waals surface area contributed by atoms with Gasteiger partial charge in [0.15, 0.2) is 11.5 Å². The van der Waals surface area contributed by atoms with Gasteiger partial charge in [0.1, 0.15) is 0 Å². The van der Waals surface area contributed by atoms with E-state index >= 15 is 0 Å². The maximum absolute atomic E-state index is 12.3. The SMILES string of the molecule is COc1ccc(C(C)(C)CNC(=O)c2cccc(C)c2)cc1OC. The summed E-state index contributed by atoms with van der Waals surface area (Å²) in [6, 6.07) is 13.4. The Hall–Kier alpha value is -2.49. The first-order valence-electron chi connectivity index (χ1n) is 7.95. The lowest BCUT2D eigenvalue weighted by Gasteiger charge is -2.26. The van der Waals surface area contributed by atoms with Crippen molar-refractivity contribution in [3.8, 4) is 11.5 Å². The first-order chi connectivity index (χ1) is 11.4. The van der Waals surface area contributed by atoms with E-state index in [1.165, 1.54) is 0 Å². The molecule has 1 amide bonds. The molecule has 4 heteroatoms. The van der Waals surface area contributed by atoms with Crippen molar-refractivity contribution < 1.29 is 14.3 Å². The number of hydrogen-bond acceptors (Lipinski definition) is 3. The molecule has 2 rings (SSSR count). The molecule has 24 heavy (non-hydrogen) atoms. The molecule has 4 nitrogen and oxygen atoms in total. The average molecular weight is 327 g/mol. The molecule has 0 spiro atoms. The quantitative estimate of drug-likeness (QED) is 0.879. The van der Waals surface area contributed by atoms with Crippen LogP contribution in [0.3, 0.4) is 0 Å². The van der Waals surface area contributed by atoms with Gasteiger partial charge in [0.05, 0.1) is 14.2 Å². The van der Waals surface area contributed by atoms with E-state index < -0.39 is 0 Å². The molecule has 0 fully saturated rings. The van der Waals surface area contributed by atoms with E-state index in [2.05, 4.69) is 19.2 Å². The third-order valence-corrected chi connectivity index (χ3v) is 4.14. The fraction of sp³-hybridized carbons (Fsp3) is 0.350. The van der Waals surface area contributed by atoms with Gasteiger partial charge in [-0.05, 0) is 36.8 Å². The molecular weight excluding hydrogens is 302 g/mol. The molecule has 0 bridgehead atoms. The molecule has 0 saturated carbocycles. The average Bonchev–Trinajstić information content (AvgIpc) is 2.59. The van der Waals surface area contributed by atoms with Gasteiger partial charge in [-0.1, -0.05) is 37.6 Å².